The van der Waals surface area contributed by atoms with Crippen molar-refractivity contribution in [1.82, 2.24) is 5.16 Å². The summed E-state index contributed by atoms with van der Waals surface area (Å²) in [6, 6.07) is 50.9. The molecule has 3 aromatic heterocycles. The zero-order valence-electron chi connectivity index (χ0n) is 31.1. The lowest BCUT2D eigenvalue weighted by Crippen LogP contribution is -2.32. The molecule has 2 N–H and O–H groups in total. The van der Waals surface area contributed by atoms with E-state index >= 15 is 0 Å². The third-order valence-corrected chi connectivity index (χ3v) is 10.8. The molecule has 8 aromatic rings. The Labute approximate surface area is 331 Å². The molecule has 0 unspecified atom stereocenters. The highest BCUT2D eigenvalue weighted by Gasteiger charge is 2.21. The molecule has 0 aliphatic carbocycles. The maximum atomic E-state index is 11.3. The number of aromatic nitrogens is 3. The third kappa shape index (κ3) is 9.12. The molecule has 8 rings (SSSR count). The zero-order chi connectivity index (χ0) is 39.2. The lowest BCUT2D eigenvalue weighted by molar-refractivity contribution is -0.688. The maximum absolute atomic E-state index is 11.3. The minimum Gasteiger partial charge on any atom is -0.355 e. The molecule has 0 aliphatic rings. The van der Waals surface area contributed by atoms with E-state index in [-0.39, 0.29) is 6.16 Å². The van der Waals surface area contributed by atoms with Crippen molar-refractivity contribution in [2.45, 2.75) is 25.7 Å². The van der Waals surface area contributed by atoms with Crippen LogP contribution in [-0.2, 0) is 35.0 Å². The second-order valence-electron chi connectivity index (χ2n) is 14.1. The standard InChI is InChI=1S/C48H38N3O5P/c52-31-26-35-6-8-36(9-7-35)32-50-29-24-42(25-30-50)40-16-20-45(21-17-40)48-46(43-4-2-1-3-5-43)47(49-56-48)44-18-14-39(15-19-44)41-22-27-51(28-23-41)33-37-10-12-38(13-11-37)34-57(53,54)55/h1-25,27-31H,26,32-34H2/p+2. The number of benzene rings is 5. The number of hydrogen-bond donors (Lipinski definition) is 2. The molecule has 9 heteroatoms. The first-order valence-electron chi connectivity index (χ1n) is 18.7. The predicted octanol–water partition coefficient (Wildman–Crippen LogP) is 9.10. The van der Waals surface area contributed by atoms with Crippen LogP contribution in [0.2, 0.25) is 0 Å². The average Bonchev–Trinajstić information content (AvgIpc) is 3.68. The summed E-state index contributed by atoms with van der Waals surface area (Å²) in [5, 5.41) is 4.62. The lowest BCUT2D eigenvalue weighted by atomic mass is 9.94. The van der Waals surface area contributed by atoms with Gasteiger partial charge in [0, 0.05) is 52.9 Å². The smallest absolute Gasteiger partial charge is 0.329 e. The summed E-state index contributed by atoms with van der Waals surface area (Å²) in [6.45, 7) is 1.39. The second kappa shape index (κ2) is 16.7. The van der Waals surface area contributed by atoms with E-state index in [4.69, 9.17) is 4.52 Å². The Bertz CT molecular complexity index is 2640. The molecule has 0 radical (unpaired) electrons. The van der Waals surface area contributed by atoms with E-state index in [1.807, 2.05) is 54.9 Å². The highest BCUT2D eigenvalue weighted by molar-refractivity contribution is 7.50. The van der Waals surface area contributed by atoms with Crippen LogP contribution in [-0.4, -0.2) is 21.2 Å². The average molecular weight is 770 g/mol. The summed E-state index contributed by atoms with van der Waals surface area (Å²) < 4.78 is 21.7. The molecule has 0 spiro atoms. The van der Waals surface area contributed by atoms with Crippen LogP contribution in [0.5, 0.6) is 0 Å². The zero-order valence-corrected chi connectivity index (χ0v) is 32.0. The largest absolute Gasteiger partial charge is 0.355 e. The van der Waals surface area contributed by atoms with Crippen molar-refractivity contribution in [3.05, 3.63) is 199 Å². The summed E-state index contributed by atoms with van der Waals surface area (Å²) in [5.41, 5.74) is 12.8. The van der Waals surface area contributed by atoms with Crippen LogP contribution in [0.15, 0.2) is 181 Å². The number of nitrogens with zero attached hydrogens (tertiary/aromatic N) is 3. The number of carbonyl (C=O) groups excluding carboxylic acids is 1. The summed E-state index contributed by atoms with van der Waals surface area (Å²) in [7, 11) is -4.09. The topological polar surface area (TPSA) is 108 Å². The normalized spacial score (nSPS) is 11.4. The lowest BCUT2D eigenvalue weighted by Gasteiger charge is -2.08. The first-order chi connectivity index (χ1) is 27.8. The second-order valence-corrected chi connectivity index (χ2v) is 15.7. The fourth-order valence-electron chi connectivity index (χ4n) is 6.99. The number of hydrogen-bond acceptors (Lipinski definition) is 4. The Balaban J connectivity index is 0.981. The molecule has 0 amide bonds. The van der Waals surface area contributed by atoms with E-state index in [0.29, 0.717) is 24.3 Å². The van der Waals surface area contributed by atoms with Gasteiger partial charge in [0.25, 0.3) is 0 Å². The Morgan fingerprint density at radius 2 is 0.947 bits per heavy atom. The predicted molar refractivity (Wildman–Crippen MR) is 221 cm³/mol. The molecule has 57 heavy (non-hydrogen) atoms. The fourth-order valence-corrected chi connectivity index (χ4v) is 7.67. The van der Waals surface area contributed by atoms with Gasteiger partial charge in [-0.05, 0) is 38.9 Å². The van der Waals surface area contributed by atoms with Gasteiger partial charge >= 0.3 is 7.60 Å². The molecule has 0 atom stereocenters. The molecule has 0 aliphatic heterocycles. The van der Waals surface area contributed by atoms with Crippen LogP contribution in [0.25, 0.3) is 56.0 Å². The van der Waals surface area contributed by atoms with Gasteiger partial charge in [0.1, 0.15) is 12.0 Å². The Morgan fingerprint density at radius 1 is 0.509 bits per heavy atom. The molecule has 8 nitrogen and oxygen atoms in total. The van der Waals surface area contributed by atoms with E-state index in [1.165, 1.54) is 5.56 Å². The van der Waals surface area contributed by atoms with Crippen LogP contribution in [0.3, 0.4) is 0 Å². The molecule has 0 fully saturated rings. The molecule has 280 valence electrons. The maximum Gasteiger partial charge on any atom is 0.329 e. The van der Waals surface area contributed by atoms with E-state index in [0.717, 1.165) is 74.2 Å². The van der Waals surface area contributed by atoms with Gasteiger partial charge in [0.15, 0.2) is 43.6 Å². The monoisotopic (exact) mass is 769 g/mol. The van der Waals surface area contributed by atoms with Crippen molar-refractivity contribution in [1.29, 1.82) is 0 Å². The molecule has 3 heterocycles. The van der Waals surface area contributed by atoms with Gasteiger partial charge in [-0.1, -0.05) is 133 Å². The van der Waals surface area contributed by atoms with Crippen molar-refractivity contribution in [3.63, 3.8) is 0 Å². The van der Waals surface area contributed by atoms with Crippen molar-refractivity contribution >= 4 is 13.9 Å². The first-order valence-corrected chi connectivity index (χ1v) is 20.5. The Kier molecular flexibility index (Phi) is 10.9. The van der Waals surface area contributed by atoms with Gasteiger partial charge in [0.05, 0.1) is 11.7 Å². The fraction of sp³-hybridized carbons (Fsp3) is 0.0833. The minimum atomic E-state index is -4.09. The summed E-state index contributed by atoms with van der Waals surface area (Å²) in [4.78, 5) is 29.3. The highest BCUT2D eigenvalue weighted by atomic mass is 31.2. The Morgan fingerprint density at radius 3 is 1.44 bits per heavy atom. The quantitative estimate of drug-likeness (QED) is 0.0689. The van der Waals surface area contributed by atoms with Crippen LogP contribution < -0.4 is 9.13 Å². The molecule has 5 aromatic carbocycles. The van der Waals surface area contributed by atoms with Gasteiger partial charge < -0.3 is 19.1 Å². The Hall–Kier alpha value is -6.57. The van der Waals surface area contributed by atoms with Crippen molar-refractivity contribution in [2.75, 3.05) is 0 Å². The van der Waals surface area contributed by atoms with E-state index in [9.17, 15) is 19.1 Å². The number of carbonyl (C=O) groups is 1. The summed E-state index contributed by atoms with van der Waals surface area (Å²) in [6.07, 6.45) is 9.34. The minimum absolute atomic E-state index is 0.256. The molecule has 0 saturated carbocycles. The number of rotatable bonds is 13. The summed E-state index contributed by atoms with van der Waals surface area (Å²) >= 11 is 0. The SMILES string of the molecule is O=CCc1ccc(C[n+]2ccc(-c3ccc(-c4onc(-c5ccc(-c6cc[n+](Cc7ccc(CP(=O)(O)O)cc7)cc6)cc5)c4-c4ccccc4)cc3)cc2)cc1. The van der Waals surface area contributed by atoms with Gasteiger partial charge in [-0.3, -0.25) is 4.57 Å². The van der Waals surface area contributed by atoms with Gasteiger partial charge in [-0.15, -0.1) is 0 Å². The van der Waals surface area contributed by atoms with Crippen LogP contribution >= 0.6 is 7.60 Å². The van der Waals surface area contributed by atoms with E-state index < -0.39 is 7.60 Å². The molecule has 0 bridgehead atoms. The summed E-state index contributed by atoms with van der Waals surface area (Å²) in [5.74, 6) is 0.709. The van der Waals surface area contributed by atoms with Crippen LogP contribution in [0.4, 0.5) is 0 Å². The first kappa shape index (κ1) is 37.4. The van der Waals surface area contributed by atoms with E-state index in [2.05, 4.69) is 124 Å². The van der Waals surface area contributed by atoms with Crippen molar-refractivity contribution in [3.8, 4) is 56.0 Å². The van der Waals surface area contributed by atoms with Crippen molar-refractivity contribution in [2.24, 2.45) is 0 Å². The highest BCUT2D eigenvalue weighted by Crippen LogP contribution is 2.41. The molecular formula is C48H40N3O5P+2. The van der Waals surface area contributed by atoms with Gasteiger partial charge in [-0.2, -0.15) is 0 Å². The van der Waals surface area contributed by atoms with Crippen molar-refractivity contribution < 1.29 is 32.8 Å². The number of pyridine rings is 2. The molecule has 0 saturated heterocycles. The van der Waals surface area contributed by atoms with Crippen LogP contribution in [0, 0.1) is 0 Å². The van der Waals surface area contributed by atoms with Crippen LogP contribution in [0.1, 0.15) is 22.3 Å². The van der Waals surface area contributed by atoms with Gasteiger partial charge in [-0.25, -0.2) is 9.13 Å². The third-order valence-electron chi connectivity index (χ3n) is 9.99. The number of aldehydes is 1. The molecular weight excluding hydrogens is 730 g/mol. The van der Waals surface area contributed by atoms with E-state index in [1.54, 1.807) is 12.1 Å². The van der Waals surface area contributed by atoms with Gasteiger partial charge in [0.2, 0.25) is 0 Å².